The van der Waals surface area contributed by atoms with Crippen LogP contribution < -0.4 is 4.74 Å². The largest absolute Gasteiger partial charge is 0.494 e. The monoisotopic (exact) mass is 318 g/mol. The number of hydrogen-bond donors (Lipinski definition) is 0. The van der Waals surface area contributed by atoms with Gasteiger partial charge in [0.15, 0.2) is 0 Å². The zero-order valence-corrected chi connectivity index (χ0v) is 14.2. The highest BCUT2D eigenvalue weighted by molar-refractivity contribution is 5.36. The highest BCUT2D eigenvalue weighted by Crippen LogP contribution is 2.23. The second-order valence-corrected chi connectivity index (χ2v) is 6.14. The lowest BCUT2D eigenvalue weighted by atomic mass is 9.94. The Morgan fingerprint density at radius 1 is 1.00 bits per heavy atom. The number of hydrogen-bond acceptors (Lipinski definition) is 3. The van der Waals surface area contributed by atoms with Gasteiger partial charge in [0.05, 0.1) is 30.2 Å². The van der Waals surface area contributed by atoms with Crippen LogP contribution in [0.2, 0.25) is 0 Å². The van der Waals surface area contributed by atoms with E-state index in [0.29, 0.717) is 18.1 Å². The van der Waals surface area contributed by atoms with Crippen LogP contribution in [0.15, 0.2) is 48.5 Å². The standard InChI is InChI=1S/C21H22N2O/c1-16(2)18-7-4-10-21(13-18)24-11-5-9-20(15-23)19-8-3-6-17(12-19)14-22/h3-4,6-8,10,12-13,16,20H,5,9,11H2,1-2H3. The van der Waals surface area contributed by atoms with Gasteiger partial charge in [-0.05, 0) is 54.2 Å². The molecule has 24 heavy (non-hydrogen) atoms. The molecule has 1 unspecified atom stereocenters. The van der Waals surface area contributed by atoms with Crippen molar-refractivity contribution in [1.29, 1.82) is 10.5 Å². The highest BCUT2D eigenvalue weighted by Gasteiger charge is 2.11. The molecule has 2 aromatic rings. The molecule has 0 aliphatic heterocycles. The molecular weight excluding hydrogens is 296 g/mol. The summed E-state index contributed by atoms with van der Waals surface area (Å²) >= 11 is 0. The van der Waals surface area contributed by atoms with Gasteiger partial charge >= 0.3 is 0 Å². The van der Waals surface area contributed by atoms with Gasteiger partial charge < -0.3 is 4.74 Å². The van der Waals surface area contributed by atoms with E-state index in [1.807, 2.05) is 24.3 Å². The summed E-state index contributed by atoms with van der Waals surface area (Å²) in [5, 5.41) is 18.3. The SMILES string of the molecule is CC(C)c1cccc(OCCCC(C#N)c2cccc(C#N)c2)c1. The number of ether oxygens (including phenoxy) is 1. The van der Waals surface area contributed by atoms with Gasteiger partial charge in [-0.25, -0.2) is 0 Å². The normalized spacial score (nSPS) is 11.5. The van der Waals surface area contributed by atoms with Gasteiger partial charge in [-0.2, -0.15) is 10.5 Å². The zero-order chi connectivity index (χ0) is 17.4. The average molecular weight is 318 g/mol. The third-order valence-electron chi connectivity index (χ3n) is 4.00. The lowest BCUT2D eigenvalue weighted by Gasteiger charge is -2.12. The van der Waals surface area contributed by atoms with Crippen molar-refractivity contribution >= 4 is 0 Å². The lowest BCUT2D eigenvalue weighted by Crippen LogP contribution is -2.02. The van der Waals surface area contributed by atoms with Crippen LogP contribution in [0.3, 0.4) is 0 Å². The Morgan fingerprint density at radius 2 is 1.75 bits per heavy atom. The smallest absolute Gasteiger partial charge is 0.119 e. The number of nitrogens with zero attached hydrogens (tertiary/aromatic N) is 2. The third kappa shape index (κ3) is 4.86. The summed E-state index contributed by atoms with van der Waals surface area (Å²) in [6, 6.07) is 19.9. The molecule has 3 heteroatoms. The lowest BCUT2D eigenvalue weighted by molar-refractivity contribution is 0.304. The van der Waals surface area contributed by atoms with E-state index >= 15 is 0 Å². The Bertz CT molecular complexity index is 753. The molecule has 2 aromatic carbocycles. The van der Waals surface area contributed by atoms with E-state index in [0.717, 1.165) is 24.2 Å². The molecule has 2 rings (SSSR count). The minimum atomic E-state index is -0.205. The van der Waals surface area contributed by atoms with E-state index in [1.54, 1.807) is 12.1 Å². The molecule has 0 spiro atoms. The summed E-state index contributed by atoms with van der Waals surface area (Å²) in [5.74, 6) is 1.15. The van der Waals surface area contributed by atoms with E-state index in [2.05, 4.69) is 38.1 Å². The summed E-state index contributed by atoms with van der Waals surface area (Å²) < 4.78 is 5.81. The molecule has 0 aliphatic carbocycles. The van der Waals surface area contributed by atoms with Crippen LogP contribution in [0.5, 0.6) is 5.75 Å². The maximum Gasteiger partial charge on any atom is 0.119 e. The second kappa shape index (κ2) is 8.75. The van der Waals surface area contributed by atoms with E-state index < -0.39 is 0 Å². The second-order valence-electron chi connectivity index (χ2n) is 6.14. The van der Waals surface area contributed by atoms with Gasteiger partial charge in [-0.15, -0.1) is 0 Å². The van der Waals surface area contributed by atoms with E-state index in [9.17, 15) is 5.26 Å². The number of rotatable bonds is 7. The summed E-state index contributed by atoms with van der Waals surface area (Å²) in [6.07, 6.45) is 1.51. The number of benzene rings is 2. The molecule has 0 fully saturated rings. The van der Waals surface area contributed by atoms with Crippen LogP contribution >= 0.6 is 0 Å². The van der Waals surface area contributed by atoms with Crippen LogP contribution in [-0.4, -0.2) is 6.61 Å². The predicted octanol–water partition coefficient (Wildman–Crippen LogP) is 5.15. The minimum absolute atomic E-state index is 0.205. The molecule has 0 radical (unpaired) electrons. The maximum absolute atomic E-state index is 9.38. The van der Waals surface area contributed by atoms with E-state index in [-0.39, 0.29) is 5.92 Å². The molecule has 0 N–H and O–H groups in total. The topological polar surface area (TPSA) is 56.8 Å². The first-order valence-electron chi connectivity index (χ1n) is 8.26. The van der Waals surface area contributed by atoms with Gasteiger partial charge in [0.1, 0.15) is 5.75 Å². The Balaban J connectivity index is 1.87. The van der Waals surface area contributed by atoms with Crippen LogP contribution in [0, 0.1) is 22.7 Å². The van der Waals surface area contributed by atoms with Gasteiger partial charge in [-0.1, -0.05) is 38.1 Å². The minimum Gasteiger partial charge on any atom is -0.494 e. The number of nitriles is 2. The van der Waals surface area contributed by atoms with Gasteiger partial charge in [0, 0.05) is 0 Å². The van der Waals surface area contributed by atoms with Crippen molar-refractivity contribution in [3.63, 3.8) is 0 Å². The molecule has 3 nitrogen and oxygen atoms in total. The molecule has 122 valence electrons. The van der Waals surface area contributed by atoms with Crippen molar-refractivity contribution in [2.75, 3.05) is 6.61 Å². The Labute approximate surface area is 144 Å². The quantitative estimate of drug-likeness (QED) is 0.663. The molecule has 0 aliphatic rings. The van der Waals surface area contributed by atoms with Gasteiger partial charge in [0.2, 0.25) is 0 Å². The van der Waals surface area contributed by atoms with Crippen LogP contribution in [0.1, 0.15) is 55.2 Å². The van der Waals surface area contributed by atoms with Crippen molar-refractivity contribution in [3.8, 4) is 17.9 Å². The highest BCUT2D eigenvalue weighted by atomic mass is 16.5. The first-order valence-corrected chi connectivity index (χ1v) is 8.26. The fraction of sp³-hybridized carbons (Fsp3) is 0.333. The van der Waals surface area contributed by atoms with Crippen LogP contribution in [0.25, 0.3) is 0 Å². The zero-order valence-electron chi connectivity index (χ0n) is 14.2. The predicted molar refractivity (Wildman–Crippen MR) is 94.8 cm³/mol. The molecule has 0 saturated heterocycles. The van der Waals surface area contributed by atoms with E-state index in [1.165, 1.54) is 5.56 Å². The molecule has 0 bridgehead atoms. The Kier molecular flexibility index (Phi) is 6.41. The van der Waals surface area contributed by atoms with Crippen molar-refractivity contribution in [3.05, 3.63) is 65.2 Å². The molecule has 0 aromatic heterocycles. The fourth-order valence-corrected chi connectivity index (χ4v) is 2.57. The molecule has 0 saturated carbocycles. The van der Waals surface area contributed by atoms with Gasteiger partial charge in [0.25, 0.3) is 0 Å². The Morgan fingerprint density at radius 3 is 2.46 bits per heavy atom. The van der Waals surface area contributed by atoms with Crippen molar-refractivity contribution in [2.24, 2.45) is 0 Å². The fourth-order valence-electron chi connectivity index (χ4n) is 2.57. The third-order valence-corrected chi connectivity index (χ3v) is 4.00. The van der Waals surface area contributed by atoms with Crippen LogP contribution in [-0.2, 0) is 0 Å². The molecule has 0 heterocycles. The first-order chi connectivity index (χ1) is 11.6. The Hall–Kier alpha value is -2.78. The molecule has 1 atom stereocenters. The maximum atomic E-state index is 9.38. The summed E-state index contributed by atoms with van der Waals surface area (Å²) in [5.41, 5.74) is 2.75. The van der Waals surface area contributed by atoms with Gasteiger partial charge in [-0.3, -0.25) is 0 Å². The average Bonchev–Trinajstić information content (AvgIpc) is 2.62. The van der Waals surface area contributed by atoms with Crippen molar-refractivity contribution in [1.82, 2.24) is 0 Å². The van der Waals surface area contributed by atoms with E-state index in [4.69, 9.17) is 10.00 Å². The van der Waals surface area contributed by atoms with Crippen molar-refractivity contribution < 1.29 is 4.74 Å². The first kappa shape index (κ1) is 17.6. The molecular formula is C21H22N2O. The van der Waals surface area contributed by atoms with Crippen molar-refractivity contribution in [2.45, 2.75) is 38.5 Å². The summed E-state index contributed by atoms with van der Waals surface area (Å²) in [4.78, 5) is 0. The van der Waals surface area contributed by atoms with Crippen LogP contribution in [0.4, 0.5) is 0 Å². The summed E-state index contributed by atoms with van der Waals surface area (Å²) in [7, 11) is 0. The molecule has 0 amide bonds. The summed E-state index contributed by atoms with van der Waals surface area (Å²) in [6.45, 7) is 4.90.